The zero-order valence-electron chi connectivity index (χ0n) is 12.8. The molecule has 2 aromatic carbocycles. The van der Waals surface area contributed by atoms with Crippen molar-refractivity contribution >= 4 is 16.8 Å². The number of rotatable bonds is 4. The largest absolute Gasteiger partial charge is 0.348 e. The van der Waals surface area contributed by atoms with Crippen LogP contribution in [0.4, 0.5) is 0 Å². The maximum atomic E-state index is 12.4. The SMILES string of the molecule is CC(NC(=O)Cn1cnc2ccccc2c1=O)c1ccccc1. The number of benzene rings is 2. The van der Waals surface area contributed by atoms with Gasteiger partial charge in [0.05, 0.1) is 23.3 Å². The van der Waals surface area contributed by atoms with Crippen molar-refractivity contribution in [3.05, 3.63) is 76.8 Å². The summed E-state index contributed by atoms with van der Waals surface area (Å²) in [5, 5.41) is 3.41. The van der Waals surface area contributed by atoms with Gasteiger partial charge in [0.1, 0.15) is 6.54 Å². The Balaban J connectivity index is 1.76. The molecule has 3 rings (SSSR count). The van der Waals surface area contributed by atoms with E-state index in [0.717, 1.165) is 5.56 Å². The number of carbonyl (C=O) groups is 1. The van der Waals surface area contributed by atoms with Crippen LogP contribution in [-0.4, -0.2) is 15.5 Å². The molecule has 116 valence electrons. The van der Waals surface area contributed by atoms with Gasteiger partial charge in [0.25, 0.3) is 5.56 Å². The Morgan fingerprint density at radius 1 is 1.13 bits per heavy atom. The van der Waals surface area contributed by atoms with Gasteiger partial charge in [-0.1, -0.05) is 42.5 Å². The minimum Gasteiger partial charge on any atom is -0.348 e. The molecule has 0 aliphatic rings. The van der Waals surface area contributed by atoms with Gasteiger partial charge in [-0.2, -0.15) is 0 Å². The van der Waals surface area contributed by atoms with Crippen LogP contribution in [0.5, 0.6) is 0 Å². The molecule has 0 saturated heterocycles. The highest BCUT2D eigenvalue weighted by Crippen LogP contribution is 2.11. The molecule has 0 aliphatic carbocycles. The second-order valence-electron chi connectivity index (χ2n) is 5.39. The van der Waals surface area contributed by atoms with E-state index in [1.54, 1.807) is 18.2 Å². The molecule has 1 amide bonds. The number of para-hydroxylation sites is 1. The number of hydrogen-bond donors (Lipinski definition) is 1. The summed E-state index contributed by atoms with van der Waals surface area (Å²) >= 11 is 0. The summed E-state index contributed by atoms with van der Waals surface area (Å²) in [7, 11) is 0. The minimum absolute atomic E-state index is 0.0478. The molecule has 1 heterocycles. The second kappa shape index (κ2) is 6.44. The first-order chi connectivity index (χ1) is 11.1. The molecule has 0 spiro atoms. The van der Waals surface area contributed by atoms with Gasteiger partial charge >= 0.3 is 0 Å². The summed E-state index contributed by atoms with van der Waals surface area (Å²) in [5.41, 5.74) is 1.44. The first-order valence-corrected chi connectivity index (χ1v) is 7.43. The molecule has 23 heavy (non-hydrogen) atoms. The zero-order chi connectivity index (χ0) is 16.2. The van der Waals surface area contributed by atoms with Gasteiger partial charge in [-0.15, -0.1) is 0 Å². The van der Waals surface area contributed by atoms with Gasteiger partial charge in [0.2, 0.25) is 5.91 Å². The molecule has 3 aromatic rings. The Morgan fingerprint density at radius 3 is 2.61 bits per heavy atom. The second-order valence-corrected chi connectivity index (χ2v) is 5.39. The predicted octanol–water partition coefficient (Wildman–Crippen LogP) is 2.27. The van der Waals surface area contributed by atoms with Crippen LogP contribution < -0.4 is 10.9 Å². The Labute approximate surface area is 133 Å². The van der Waals surface area contributed by atoms with Gasteiger partial charge in [-0.05, 0) is 24.6 Å². The lowest BCUT2D eigenvalue weighted by molar-refractivity contribution is -0.122. The lowest BCUT2D eigenvalue weighted by atomic mass is 10.1. The molecule has 1 unspecified atom stereocenters. The molecular weight excluding hydrogens is 290 g/mol. The normalized spacial score (nSPS) is 12.0. The number of aromatic nitrogens is 2. The summed E-state index contributed by atoms with van der Waals surface area (Å²) in [4.78, 5) is 28.8. The van der Waals surface area contributed by atoms with Crippen molar-refractivity contribution in [2.24, 2.45) is 0 Å². The number of nitrogens with zero attached hydrogens (tertiary/aromatic N) is 2. The van der Waals surface area contributed by atoms with E-state index in [1.165, 1.54) is 10.9 Å². The van der Waals surface area contributed by atoms with Crippen molar-refractivity contribution in [3.8, 4) is 0 Å². The lowest BCUT2D eigenvalue weighted by Gasteiger charge is -2.15. The van der Waals surface area contributed by atoms with Crippen molar-refractivity contribution in [3.63, 3.8) is 0 Å². The quantitative estimate of drug-likeness (QED) is 0.804. The number of nitrogens with one attached hydrogen (secondary N) is 1. The van der Waals surface area contributed by atoms with E-state index < -0.39 is 0 Å². The van der Waals surface area contributed by atoms with Gasteiger partial charge in [-0.3, -0.25) is 14.2 Å². The minimum atomic E-state index is -0.222. The lowest BCUT2D eigenvalue weighted by Crippen LogP contribution is -2.33. The molecule has 5 heteroatoms. The van der Waals surface area contributed by atoms with Crippen LogP contribution in [0.2, 0.25) is 0 Å². The molecule has 0 saturated carbocycles. The number of amides is 1. The molecule has 1 aromatic heterocycles. The van der Waals surface area contributed by atoms with E-state index in [-0.39, 0.29) is 24.1 Å². The van der Waals surface area contributed by atoms with Crippen LogP contribution >= 0.6 is 0 Å². The van der Waals surface area contributed by atoms with Gasteiger partial charge in [-0.25, -0.2) is 4.98 Å². The number of carbonyl (C=O) groups excluding carboxylic acids is 1. The van der Waals surface area contributed by atoms with Crippen LogP contribution in [0, 0.1) is 0 Å². The Hall–Kier alpha value is -2.95. The average Bonchev–Trinajstić information content (AvgIpc) is 2.58. The van der Waals surface area contributed by atoms with Gasteiger partial charge in [0.15, 0.2) is 0 Å². The van der Waals surface area contributed by atoms with Crippen LogP contribution in [-0.2, 0) is 11.3 Å². The fourth-order valence-corrected chi connectivity index (χ4v) is 2.49. The fraction of sp³-hybridized carbons (Fsp3) is 0.167. The predicted molar refractivity (Wildman–Crippen MR) is 89.0 cm³/mol. The first-order valence-electron chi connectivity index (χ1n) is 7.43. The maximum Gasteiger partial charge on any atom is 0.261 e. The third kappa shape index (κ3) is 3.29. The summed E-state index contributed by atoms with van der Waals surface area (Å²) in [6.07, 6.45) is 1.41. The topological polar surface area (TPSA) is 64.0 Å². The van der Waals surface area contributed by atoms with Crippen LogP contribution in [0.15, 0.2) is 65.7 Å². The average molecular weight is 307 g/mol. The monoisotopic (exact) mass is 307 g/mol. The molecule has 0 aliphatic heterocycles. The zero-order valence-corrected chi connectivity index (χ0v) is 12.8. The van der Waals surface area contributed by atoms with E-state index in [1.807, 2.05) is 43.3 Å². The Bertz CT molecular complexity index is 887. The van der Waals surface area contributed by atoms with Crippen molar-refractivity contribution in [1.29, 1.82) is 0 Å². The number of hydrogen-bond acceptors (Lipinski definition) is 3. The molecule has 0 radical (unpaired) electrons. The fourth-order valence-electron chi connectivity index (χ4n) is 2.49. The molecular formula is C18H17N3O2. The summed E-state index contributed by atoms with van der Waals surface area (Å²) < 4.78 is 1.33. The Morgan fingerprint density at radius 2 is 1.83 bits per heavy atom. The molecule has 0 bridgehead atoms. The highest BCUT2D eigenvalue weighted by molar-refractivity contribution is 5.79. The van der Waals surface area contributed by atoms with Gasteiger partial charge in [0, 0.05) is 0 Å². The molecule has 1 N–H and O–H groups in total. The highest BCUT2D eigenvalue weighted by Gasteiger charge is 2.11. The van der Waals surface area contributed by atoms with Crippen molar-refractivity contribution in [2.75, 3.05) is 0 Å². The first kappa shape index (κ1) is 15.0. The van der Waals surface area contributed by atoms with Crippen molar-refractivity contribution in [2.45, 2.75) is 19.5 Å². The summed E-state index contributed by atoms with van der Waals surface area (Å²) in [6, 6.07) is 16.7. The summed E-state index contributed by atoms with van der Waals surface area (Å²) in [6.45, 7) is 1.86. The third-order valence-corrected chi connectivity index (χ3v) is 3.72. The molecule has 1 atom stereocenters. The molecule has 5 nitrogen and oxygen atoms in total. The van der Waals surface area contributed by atoms with Crippen LogP contribution in [0.3, 0.4) is 0 Å². The Kier molecular flexibility index (Phi) is 4.19. The van der Waals surface area contributed by atoms with E-state index in [4.69, 9.17) is 0 Å². The third-order valence-electron chi connectivity index (χ3n) is 3.72. The van der Waals surface area contributed by atoms with E-state index in [0.29, 0.717) is 10.9 Å². The van der Waals surface area contributed by atoms with Crippen molar-refractivity contribution < 1.29 is 4.79 Å². The highest BCUT2D eigenvalue weighted by atomic mass is 16.2. The number of fused-ring (bicyclic) bond motifs is 1. The smallest absolute Gasteiger partial charge is 0.261 e. The maximum absolute atomic E-state index is 12.4. The van der Waals surface area contributed by atoms with E-state index >= 15 is 0 Å². The molecule has 0 fully saturated rings. The summed E-state index contributed by atoms with van der Waals surface area (Å²) in [5.74, 6) is -0.222. The van der Waals surface area contributed by atoms with Crippen LogP contribution in [0.1, 0.15) is 18.5 Å². The van der Waals surface area contributed by atoms with E-state index in [9.17, 15) is 9.59 Å². The van der Waals surface area contributed by atoms with Gasteiger partial charge < -0.3 is 5.32 Å². The van der Waals surface area contributed by atoms with E-state index in [2.05, 4.69) is 10.3 Å². The standard InChI is InChI=1S/C18H17N3O2/c1-13(14-7-3-2-4-8-14)20-17(22)11-21-12-19-16-10-6-5-9-15(16)18(21)23/h2-10,12-13H,11H2,1H3,(H,20,22). The van der Waals surface area contributed by atoms with Crippen LogP contribution in [0.25, 0.3) is 10.9 Å². The van der Waals surface area contributed by atoms with Crippen molar-refractivity contribution in [1.82, 2.24) is 14.9 Å².